The van der Waals surface area contributed by atoms with Gasteiger partial charge in [0.25, 0.3) is 0 Å². The van der Waals surface area contributed by atoms with E-state index in [4.69, 9.17) is 4.74 Å². The van der Waals surface area contributed by atoms with Gasteiger partial charge in [0, 0.05) is 13.0 Å². The van der Waals surface area contributed by atoms with Gasteiger partial charge in [-0.3, -0.25) is 14.9 Å². The van der Waals surface area contributed by atoms with Crippen molar-refractivity contribution in [2.24, 2.45) is 0 Å². The second-order valence-corrected chi connectivity index (χ2v) is 10.5. The number of fused-ring (bicyclic) bond motifs is 1. The van der Waals surface area contributed by atoms with Crippen LogP contribution in [0.1, 0.15) is 63.3 Å². The van der Waals surface area contributed by atoms with Gasteiger partial charge in [-0.2, -0.15) is 0 Å². The van der Waals surface area contributed by atoms with E-state index >= 15 is 0 Å². The molecule has 1 heterocycles. The van der Waals surface area contributed by atoms with Crippen LogP contribution in [0.3, 0.4) is 0 Å². The van der Waals surface area contributed by atoms with Crippen LogP contribution in [0.5, 0.6) is 0 Å². The summed E-state index contributed by atoms with van der Waals surface area (Å²) in [6.07, 6.45) is 1.35. The lowest BCUT2D eigenvalue weighted by Crippen LogP contribution is -2.56. The molecule has 3 atom stereocenters. The molecule has 0 saturated heterocycles. The number of aryl methyl sites for hydroxylation is 1. The van der Waals surface area contributed by atoms with Crippen molar-refractivity contribution in [2.45, 2.75) is 84.0 Å². The molecule has 2 aromatic carbocycles. The minimum absolute atomic E-state index is 0. The Morgan fingerprint density at radius 3 is 2.38 bits per heavy atom. The smallest absolute Gasteiger partial charge is 0.326 e. The highest BCUT2D eigenvalue weighted by Gasteiger charge is 2.37. The van der Waals surface area contributed by atoms with E-state index in [1.54, 1.807) is 13.8 Å². The van der Waals surface area contributed by atoms with Crippen molar-refractivity contribution in [1.29, 1.82) is 0 Å². The van der Waals surface area contributed by atoms with Gasteiger partial charge in [0.2, 0.25) is 5.91 Å². The molecule has 1 unspecified atom stereocenters. The summed E-state index contributed by atoms with van der Waals surface area (Å²) in [6.45, 7) is 10.2. The monoisotopic (exact) mass is 574 g/mol. The van der Waals surface area contributed by atoms with Crippen molar-refractivity contribution in [3.05, 3.63) is 70.8 Å². The molecule has 1 aliphatic rings. The number of rotatable bonds is 9. The summed E-state index contributed by atoms with van der Waals surface area (Å²) < 4.78 is 5.25. The topological polar surface area (TPSA) is 95.9 Å². The number of amides is 1. The van der Waals surface area contributed by atoms with E-state index in [0.717, 1.165) is 22.3 Å². The van der Waals surface area contributed by atoms with Crippen LogP contribution in [0.25, 0.3) is 0 Å². The molecule has 0 bridgehead atoms. The third-order valence-electron chi connectivity index (χ3n) is 6.73. The Bertz CT molecular complexity index is 1080. The van der Waals surface area contributed by atoms with Gasteiger partial charge in [0.15, 0.2) is 0 Å². The number of aliphatic carboxylic acids is 1. The van der Waals surface area contributed by atoms with Crippen molar-refractivity contribution in [3.8, 4) is 0 Å². The first kappa shape index (κ1) is 30.5. The van der Waals surface area contributed by atoms with E-state index in [-0.39, 0.29) is 47.9 Å². The summed E-state index contributed by atoms with van der Waals surface area (Å²) in [5, 5.41) is 13.0. The van der Waals surface area contributed by atoms with Gasteiger partial charge >= 0.3 is 11.9 Å². The summed E-state index contributed by atoms with van der Waals surface area (Å²) in [5.74, 6) is -1.79. The van der Waals surface area contributed by atoms with Crippen LogP contribution in [0.15, 0.2) is 48.5 Å². The zero-order chi connectivity index (χ0) is 26.5. The number of nitrogens with zero attached hydrogens (tertiary/aromatic N) is 1. The Kier molecular flexibility index (Phi) is 10.9. The van der Waals surface area contributed by atoms with E-state index < -0.39 is 30.1 Å². The highest BCUT2D eigenvalue weighted by atomic mass is 79.9. The van der Waals surface area contributed by atoms with Crippen molar-refractivity contribution in [2.75, 3.05) is 6.61 Å². The first-order chi connectivity index (χ1) is 17.0. The predicted molar refractivity (Wildman–Crippen MR) is 149 cm³/mol. The zero-order valence-corrected chi connectivity index (χ0v) is 24.0. The largest absolute Gasteiger partial charge is 0.480 e. The Hall–Kier alpha value is -2.71. The molecule has 0 aliphatic carbocycles. The minimum atomic E-state index is -1.04. The number of halogens is 1. The van der Waals surface area contributed by atoms with E-state index in [2.05, 4.69) is 32.2 Å². The second-order valence-electron chi connectivity index (χ2n) is 10.5. The molecule has 0 spiro atoms. The fraction of sp³-hybridized carbons (Fsp3) is 0.483. The second kappa shape index (κ2) is 13.2. The van der Waals surface area contributed by atoms with E-state index in [1.807, 2.05) is 42.5 Å². The van der Waals surface area contributed by atoms with Gasteiger partial charge in [-0.05, 0) is 54.4 Å². The quantitative estimate of drug-likeness (QED) is 0.430. The van der Waals surface area contributed by atoms with Gasteiger partial charge < -0.3 is 14.7 Å². The lowest BCUT2D eigenvalue weighted by molar-refractivity contribution is -0.153. The van der Waals surface area contributed by atoms with Crippen molar-refractivity contribution < 1.29 is 24.2 Å². The van der Waals surface area contributed by atoms with Gasteiger partial charge in [-0.15, -0.1) is 17.0 Å². The van der Waals surface area contributed by atoms with Crippen LogP contribution in [0.2, 0.25) is 0 Å². The van der Waals surface area contributed by atoms with Crippen LogP contribution in [0, 0.1) is 0 Å². The predicted octanol–water partition coefficient (Wildman–Crippen LogP) is 4.44. The summed E-state index contributed by atoms with van der Waals surface area (Å²) >= 11 is 0. The van der Waals surface area contributed by atoms with E-state index in [9.17, 15) is 19.5 Å². The molecule has 3 rings (SSSR count). The number of carbonyl (C=O) groups excluding carboxylic acids is 2. The molecule has 202 valence electrons. The molecule has 1 amide bonds. The Labute approximate surface area is 230 Å². The maximum Gasteiger partial charge on any atom is 0.326 e. The summed E-state index contributed by atoms with van der Waals surface area (Å²) in [6, 6.07) is 13.5. The molecule has 0 saturated carbocycles. The molecule has 8 heteroatoms. The number of nitrogens with one attached hydrogen (secondary N) is 1. The summed E-state index contributed by atoms with van der Waals surface area (Å²) in [7, 11) is 0. The molecule has 2 N–H and O–H groups in total. The number of hydrogen-bond acceptors (Lipinski definition) is 5. The summed E-state index contributed by atoms with van der Waals surface area (Å²) in [4.78, 5) is 39.7. The normalized spacial score (nSPS) is 16.7. The van der Waals surface area contributed by atoms with E-state index in [1.165, 1.54) is 4.90 Å². The first-order valence-electron chi connectivity index (χ1n) is 12.6. The highest BCUT2D eigenvalue weighted by Crippen LogP contribution is 2.30. The maximum absolute atomic E-state index is 13.5. The Morgan fingerprint density at radius 1 is 1.11 bits per heavy atom. The van der Waals surface area contributed by atoms with Crippen molar-refractivity contribution in [3.63, 3.8) is 0 Å². The number of carboxylic acid groups (broad SMARTS) is 1. The Morgan fingerprint density at radius 2 is 1.78 bits per heavy atom. The van der Waals surface area contributed by atoms with Gasteiger partial charge in [0.1, 0.15) is 12.1 Å². The van der Waals surface area contributed by atoms with Gasteiger partial charge in [-0.25, -0.2) is 4.79 Å². The SMILES string of the molecule is Br.CCOC(=O)[C@H](CCc1ccccc1)N[C@@H](C)C(=O)N1Cc2cc(C(C)(C)C)ccc2CC1C(=O)O. The van der Waals surface area contributed by atoms with Crippen molar-refractivity contribution >= 4 is 34.8 Å². The number of carboxylic acids is 1. The third kappa shape index (κ3) is 7.89. The number of benzene rings is 2. The van der Waals surface area contributed by atoms with Gasteiger partial charge in [-0.1, -0.05) is 69.3 Å². The molecule has 0 fully saturated rings. The molecule has 0 aromatic heterocycles. The number of ether oxygens (including phenoxy) is 1. The summed E-state index contributed by atoms with van der Waals surface area (Å²) in [5.41, 5.74) is 4.07. The number of esters is 1. The molecule has 1 aliphatic heterocycles. The minimum Gasteiger partial charge on any atom is -0.480 e. The number of hydrogen-bond donors (Lipinski definition) is 2. The molecular formula is C29H39BrN2O5. The molecule has 2 aromatic rings. The average molecular weight is 576 g/mol. The first-order valence-corrected chi connectivity index (χ1v) is 12.6. The highest BCUT2D eigenvalue weighted by molar-refractivity contribution is 8.93. The fourth-order valence-electron chi connectivity index (χ4n) is 4.59. The Balaban J connectivity index is 0.00000481. The number of carbonyl (C=O) groups is 3. The fourth-order valence-corrected chi connectivity index (χ4v) is 4.59. The van der Waals surface area contributed by atoms with Crippen LogP contribution in [0.4, 0.5) is 0 Å². The van der Waals surface area contributed by atoms with Crippen LogP contribution in [-0.2, 0) is 43.9 Å². The molecule has 7 nitrogen and oxygen atoms in total. The molecule has 0 radical (unpaired) electrons. The van der Waals surface area contributed by atoms with Crippen LogP contribution < -0.4 is 5.32 Å². The maximum atomic E-state index is 13.5. The van der Waals surface area contributed by atoms with Crippen LogP contribution in [-0.4, -0.2) is 52.6 Å². The van der Waals surface area contributed by atoms with Crippen molar-refractivity contribution in [1.82, 2.24) is 10.2 Å². The van der Waals surface area contributed by atoms with E-state index in [0.29, 0.717) is 12.8 Å². The molecular weight excluding hydrogens is 536 g/mol. The lowest BCUT2D eigenvalue weighted by atomic mass is 9.83. The zero-order valence-electron chi connectivity index (χ0n) is 22.3. The standard InChI is InChI=1S/C29H38N2O5.BrH/c1-6-36-28(35)24(15-12-20-10-8-7-9-11-20)30-19(2)26(32)31-18-22-16-23(29(3,4)5)14-13-21(22)17-25(31)27(33)34;/h7-11,13-14,16,19,24-25,30H,6,12,15,17-18H2,1-5H3,(H,33,34);1H/t19-,24-,25?;/m0./s1. The van der Waals surface area contributed by atoms with Gasteiger partial charge in [0.05, 0.1) is 12.6 Å². The van der Waals surface area contributed by atoms with Crippen LogP contribution >= 0.6 is 17.0 Å². The average Bonchev–Trinajstić information content (AvgIpc) is 2.84. The molecule has 37 heavy (non-hydrogen) atoms. The lowest BCUT2D eigenvalue weighted by Gasteiger charge is -2.37. The third-order valence-corrected chi connectivity index (χ3v) is 6.73.